The van der Waals surface area contributed by atoms with Gasteiger partial charge in [0.2, 0.25) is 0 Å². The molecule has 2 aromatic rings. The molecule has 0 bridgehead atoms. The highest BCUT2D eigenvalue weighted by Gasteiger charge is 2.23. The van der Waals surface area contributed by atoms with Gasteiger partial charge in [-0.15, -0.1) is 0 Å². The Kier molecular flexibility index (Phi) is 4.34. The number of allylic oxidation sites excluding steroid dienone is 3. The van der Waals surface area contributed by atoms with Crippen LogP contribution in [-0.2, 0) is 0 Å². The van der Waals surface area contributed by atoms with Gasteiger partial charge in [-0.3, -0.25) is 0 Å². The number of rotatable bonds is 4. The summed E-state index contributed by atoms with van der Waals surface area (Å²) in [7, 11) is -0.511. The highest BCUT2D eigenvalue weighted by atomic mass is 31.1. The smallest absolute Gasteiger partial charge is 0.0237 e. The summed E-state index contributed by atoms with van der Waals surface area (Å²) in [6.07, 6.45) is 5.52. The Morgan fingerprint density at radius 2 is 1.43 bits per heavy atom. The minimum absolute atomic E-state index is 0.118. The molecule has 0 saturated heterocycles. The van der Waals surface area contributed by atoms with E-state index >= 15 is 0 Å². The molecule has 0 saturated carbocycles. The van der Waals surface area contributed by atoms with Gasteiger partial charge in [-0.25, -0.2) is 0 Å². The van der Waals surface area contributed by atoms with E-state index in [1.165, 1.54) is 21.5 Å². The Morgan fingerprint density at radius 1 is 0.905 bits per heavy atom. The van der Waals surface area contributed by atoms with Gasteiger partial charge in [-0.1, -0.05) is 72.8 Å². The van der Waals surface area contributed by atoms with E-state index in [4.69, 9.17) is 5.73 Å². The van der Waals surface area contributed by atoms with Crippen LogP contribution in [0.25, 0.3) is 0 Å². The molecule has 0 unspecified atom stereocenters. The van der Waals surface area contributed by atoms with Crippen molar-refractivity contribution in [1.82, 2.24) is 0 Å². The molecule has 1 nitrogen and oxygen atoms in total. The zero-order chi connectivity index (χ0) is 14.7. The average Bonchev–Trinajstić information content (AvgIpc) is 2.99. The third-order valence-electron chi connectivity index (χ3n) is 3.76. The van der Waals surface area contributed by atoms with Crippen LogP contribution in [0.15, 0.2) is 83.7 Å². The molecule has 21 heavy (non-hydrogen) atoms. The Hall–Kier alpha value is -1.69. The van der Waals surface area contributed by atoms with Gasteiger partial charge < -0.3 is 5.73 Å². The zero-order valence-electron chi connectivity index (χ0n) is 12.2. The van der Waals surface area contributed by atoms with Gasteiger partial charge in [0.05, 0.1) is 0 Å². The first-order chi connectivity index (χ1) is 10.3. The molecule has 2 N–H and O–H groups in total. The van der Waals surface area contributed by atoms with Gasteiger partial charge in [0.25, 0.3) is 0 Å². The lowest BCUT2D eigenvalue weighted by atomic mass is 10.1. The van der Waals surface area contributed by atoms with Crippen LogP contribution in [0, 0.1) is 0 Å². The second-order valence-corrected chi connectivity index (χ2v) is 7.50. The van der Waals surface area contributed by atoms with E-state index in [2.05, 4.69) is 79.7 Å². The summed E-state index contributed by atoms with van der Waals surface area (Å²) in [6.45, 7) is 2.09. The summed E-state index contributed by atoms with van der Waals surface area (Å²) in [4.78, 5) is 0. The molecule has 0 radical (unpaired) electrons. The Bertz CT molecular complexity index is 617. The van der Waals surface area contributed by atoms with Crippen molar-refractivity contribution < 1.29 is 0 Å². The lowest BCUT2D eigenvalue weighted by Crippen LogP contribution is -2.20. The van der Waals surface area contributed by atoms with E-state index in [9.17, 15) is 0 Å². The Balaban J connectivity index is 2.14. The lowest BCUT2D eigenvalue weighted by Gasteiger charge is -2.22. The van der Waals surface area contributed by atoms with Gasteiger partial charge in [0.1, 0.15) is 0 Å². The molecule has 1 aliphatic carbocycles. The van der Waals surface area contributed by atoms with Gasteiger partial charge in [0.15, 0.2) is 0 Å². The standard InChI is InChI=1S/C19H20NP/c1-15(20)18-13-8-14-19(18)21(16-9-4-2-5-10-16)17-11-6-3-7-12-17/h2-12,14-15H,13,20H2,1H3/t15-/m0/s1. The summed E-state index contributed by atoms with van der Waals surface area (Å²) >= 11 is 0. The largest absolute Gasteiger partial charge is 0.324 e. The van der Waals surface area contributed by atoms with Crippen molar-refractivity contribution in [2.45, 2.75) is 19.4 Å². The van der Waals surface area contributed by atoms with E-state index in [1.807, 2.05) is 0 Å². The predicted octanol–water partition coefficient (Wildman–Crippen LogP) is 3.68. The fourth-order valence-electron chi connectivity index (χ4n) is 2.73. The molecule has 0 aliphatic heterocycles. The second kappa shape index (κ2) is 6.39. The van der Waals surface area contributed by atoms with E-state index in [0.717, 1.165) is 6.42 Å². The first-order valence-corrected chi connectivity index (χ1v) is 8.67. The third kappa shape index (κ3) is 3.00. The summed E-state index contributed by atoms with van der Waals surface area (Å²) in [5.74, 6) is 0. The molecule has 0 aromatic heterocycles. The van der Waals surface area contributed by atoms with Crippen molar-refractivity contribution in [3.63, 3.8) is 0 Å². The molecule has 2 heteroatoms. The molecule has 2 aromatic carbocycles. The lowest BCUT2D eigenvalue weighted by molar-refractivity contribution is 0.839. The Morgan fingerprint density at radius 3 is 1.90 bits per heavy atom. The SMILES string of the molecule is C[C@H](N)C1=C(P(c2ccccc2)c2ccccc2)C=CC1. The number of nitrogens with two attached hydrogens (primary N) is 1. The van der Waals surface area contributed by atoms with Gasteiger partial charge in [0, 0.05) is 6.04 Å². The van der Waals surface area contributed by atoms with Crippen molar-refractivity contribution in [1.29, 1.82) is 0 Å². The Labute approximate surface area is 127 Å². The van der Waals surface area contributed by atoms with E-state index < -0.39 is 7.92 Å². The maximum Gasteiger partial charge on any atom is 0.0237 e. The fourth-order valence-corrected chi connectivity index (χ4v) is 5.36. The molecule has 1 atom stereocenters. The topological polar surface area (TPSA) is 26.0 Å². The number of hydrogen-bond acceptors (Lipinski definition) is 1. The monoisotopic (exact) mass is 293 g/mol. The van der Waals surface area contributed by atoms with Crippen molar-refractivity contribution in [2.24, 2.45) is 5.73 Å². The third-order valence-corrected chi connectivity index (χ3v) is 6.31. The molecule has 0 amide bonds. The summed E-state index contributed by atoms with van der Waals surface area (Å²) < 4.78 is 0. The molecular formula is C19H20NP. The highest BCUT2D eigenvalue weighted by Crippen LogP contribution is 2.48. The summed E-state index contributed by atoms with van der Waals surface area (Å²) in [6, 6.07) is 21.7. The normalized spacial score (nSPS) is 15.8. The van der Waals surface area contributed by atoms with Crippen LogP contribution < -0.4 is 16.3 Å². The molecule has 1 aliphatic rings. The molecular weight excluding hydrogens is 273 g/mol. The predicted molar refractivity (Wildman–Crippen MR) is 93.5 cm³/mol. The maximum absolute atomic E-state index is 6.19. The van der Waals surface area contributed by atoms with Crippen LogP contribution >= 0.6 is 7.92 Å². The van der Waals surface area contributed by atoms with Gasteiger partial charge >= 0.3 is 0 Å². The number of benzene rings is 2. The van der Waals surface area contributed by atoms with Crippen molar-refractivity contribution in [2.75, 3.05) is 0 Å². The molecule has 3 rings (SSSR count). The summed E-state index contributed by atoms with van der Waals surface area (Å²) in [5.41, 5.74) is 7.58. The van der Waals surface area contributed by atoms with Crippen molar-refractivity contribution in [3.8, 4) is 0 Å². The average molecular weight is 293 g/mol. The molecule has 0 heterocycles. The number of hydrogen-bond donors (Lipinski definition) is 1. The first-order valence-electron chi connectivity index (χ1n) is 7.33. The molecule has 0 fully saturated rings. The van der Waals surface area contributed by atoms with Crippen LogP contribution in [0.2, 0.25) is 0 Å². The van der Waals surface area contributed by atoms with Crippen LogP contribution in [0.4, 0.5) is 0 Å². The van der Waals surface area contributed by atoms with Crippen LogP contribution in [0.1, 0.15) is 13.3 Å². The van der Waals surface area contributed by atoms with Crippen LogP contribution in [0.3, 0.4) is 0 Å². The van der Waals surface area contributed by atoms with E-state index in [-0.39, 0.29) is 6.04 Å². The zero-order valence-corrected chi connectivity index (χ0v) is 13.1. The van der Waals surface area contributed by atoms with Crippen molar-refractivity contribution in [3.05, 3.63) is 83.7 Å². The van der Waals surface area contributed by atoms with Crippen molar-refractivity contribution >= 4 is 18.5 Å². The quantitative estimate of drug-likeness (QED) is 0.855. The summed E-state index contributed by atoms with van der Waals surface area (Å²) in [5, 5.41) is 4.20. The maximum atomic E-state index is 6.19. The first kappa shape index (κ1) is 14.3. The molecule has 0 spiro atoms. The van der Waals surface area contributed by atoms with Gasteiger partial charge in [-0.2, -0.15) is 0 Å². The van der Waals surface area contributed by atoms with E-state index in [0.29, 0.717) is 0 Å². The van der Waals surface area contributed by atoms with Crippen LogP contribution in [-0.4, -0.2) is 6.04 Å². The fraction of sp³-hybridized carbons (Fsp3) is 0.158. The van der Waals surface area contributed by atoms with E-state index in [1.54, 1.807) is 0 Å². The minimum Gasteiger partial charge on any atom is -0.324 e. The van der Waals surface area contributed by atoms with Gasteiger partial charge in [-0.05, 0) is 42.8 Å². The minimum atomic E-state index is -0.511. The second-order valence-electron chi connectivity index (χ2n) is 5.31. The molecule has 106 valence electrons. The van der Waals surface area contributed by atoms with Crippen LogP contribution in [0.5, 0.6) is 0 Å². The highest BCUT2D eigenvalue weighted by molar-refractivity contribution is 7.77.